The molecule has 0 aliphatic carbocycles. The molecule has 4 rings (SSSR count). The Morgan fingerprint density at radius 3 is 2.68 bits per heavy atom. The fourth-order valence-corrected chi connectivity index (χ4v) is 4.64. The summed E-state index contributed by atoms with van der Waals surface area (Å²) in [6.45, 7) is 9.11. The van der Waals surface area contributed by atoms with E-state index in [2.05, 4.69) is 44.2 Å². The van der Waals surface area contributed by atoms with Crippen molar-refractivity contribution in [3.05, 3.63) is 42.7 Å². The van der Waals surface area contributed by atoms with Gasteiger partial charge in [-0.3, -0.25) is 9.58 Å². The first kappa shape index (κ1) is 19.3. The molecule has 2 saturated heterocycles. The Kier molecular flexibility index (Phi) is 6.49. The average Bonchev–Trinajstić information content (AvgIpc) is 3.28. The summed E-state index contributed by atoms with van der Waals surface area (Å²) in [5, 5.41) is 4.31. The van der Waals surface area contributed by atoms with E-state index < -0.39 is 0 Å². The summed E-state index contributed by atoms with van der Waals surface area (Å²) in [4.78, 5) is 7.84. The van der Waals surface area contributed by atoms with Crippen LogP contribution in [0.4, 0.5) is 5.69 Å². The molecule has 0 saturated carbocycles. The highest BCUT2D eigenvalue weighted by Gasteiger charge is 2.28. The number of hydrogen-bond donors (Lipinski definition) is 0. The lowest BCUT2D eigenvalue weighted by Crippen LogP contribution is -2.55. The number of benzene rings is 1. The number of aromatic nitrogens is 2. The van der Waals surface area contributed by atoms with E-state index in [-0.39, 0.29) is 0 Å². The Hall–Kier alpha value is -2.05. The largest absolute Gasteiger partial charge is 0.495 e. The SMILES string of the molecule is COc1ccccc1N1CCN(C2CCCN(CCCn3cccn3)C2)CC1. The molecule has 152 valence electrons. The van der Waals surface area contributed by atoms with Crippen LogP contribution in [0.15, 0.2) is 42.7 Å². The molecule has 0 spiro atoms. The summed E-state index contributed by atoms with van der Waals surface area (Å²) >= 11 is 0. The molecule has 1 atom stereocenters. The van der Waals surface area contributed by atoms with Crippen molar-refractivity contribution in [3.63, 3.8) is 0 Å². The molecule has 1 aromatic carbocycles. The van der Waals surface area contributed by atoms with E-state index in [9.17, 15) is 0 Å². The first-order valence-electron chi connectivity index (χ1n) is 10.7. The van der Waals surface area contributed by atoms with Crippen molar-refractivity contribution in [2.24, 2.45) is 0 Å². The van der Waals surface area contributed by atoms with Crippen LogP contribution in [-0.2, 0) is 6.54 Å². The Labute approximate surface area is 168 Å². The van der Waals surface area contributed by atoms with Crippen molar-refractivity contribution in [3.8, 4) is 5.75 Å². The minimum absolute atomic E-state index is 0.707. The van der Waals surface area contributed by atoms with Gasteiger partial charge in [-0.15, -0.1) is 0 Å². The van der Waals surface area contributed by atoms with Crippen molar-refractivity contribution in [2.45, 2.75) is 31.8 Å². The van der Waals surface area contributed by atoms with E-state index in [0.29, 0.717) is 6.04 Å². The van der Waals surface area contributed by atoms with Gasteiger partial charge < -0.3 is 14.5 Å². The van der Waals surface area contributed by atoms with Crippen LogP contribution >= 0.6 is 0 Å². The van der Waals surface area contributed by atoms with Crippen LogP contribution in [0.3, 0.4) is 0 Å². The van der Waals surface area contributed by atoms with Gasteiger partial charge in [-0.25, -0.2) is 0 Å². The van der Waals surface area contributed by atoms with Crippen LogP contribution in [0.1, 0.15) is 19.3 Å². The number of methoxy groups -OCH3 is 1. The lowest BCUT2D eigenvalue weighted by Gasteiger charge is -2.44. The van der Waals surface area contributed by atoms with Crippen LogP contribution in [0, 0.1) is 0 Å². The maximum Gasteiger partial charge on any atom is 0.142 e. The van der Waals surface area contributed by atoms with Gasteiger partial charge in [-0.1, -0.05) is 12.1 Å². The molecule has 2 aliphatic rings. The molecular weight excluding hydrogens is 350 g/mol. The molecule has 0 radical (unpaired) electrons. The van der Waals surface area contributed by atoms with Crippen molar-refractivity contribution >= 4 is 5.69 Å². The Morgan fingerprint density at radius 1 is 1.04 bits per heavy atom. The number of anilines is 1. The lowest BCUT2D eigenvalue weighted by atomic mass is 10.0. The van der Waals surface area contributed by atoms with E-state index in [1.807, 2.05) is 23.0 Å². The summed E-state index contributed by atoms with van der Waals surface area (Å²) in [6, 6.07) is 11.1. The number of rotatable bonds is 7. The summed E-state index contributed by atoms with van der Waals surface area (Å²) in [5.74, 6) is 0.983. The van der Waals surface area contributed by atoms with Crippen LogP contribution in [0.25, 0.3) is 0 Å². The fourth-order valence-electron chi connectivity index (χ4n) is 4.64. The van der Waals surface area contributed by atoms with Crippen LogP contribution < -0.4 is 9.64 Å². The van der Waals surface area contributed by atoms with Gasteiger partial charge in [0, 0.05) is 57.7 Å². The molecule has 3 heterocycles. The summed E-state index contributed by atoms with van der Waals surface area (Å²) in [6.07, 6.45) is 7.75. The second kappa shape index (κ2) is 9.43. The monoisotopic (exact) mass is 383 g/mol. The predicted molar refractivity (Wildman–Crippen MR) is 113 cm³/mol. The maximum absolute atomic E-state index is 5.55. The molecule has 1 unspecified atom stereocenters. The molecular formula is C22H33N5O. The molecule has 6 heteroatoms. The number of ether oxygens (including phenoxy) is 1. The van der Waals surface area contributed by atoms with Crippen molar-refractivity contribution in [1.82, 2.24) is 19.6 Å². The van der Waals surface area contributed by atoms with Gasteiger partial charge >= 0.3 is 0 Å². The molecule has 2 fully saturated rings. The quantitative estimate of drug-likeness (QED) is 0.735. The third-order valence-electron chi connectivity index (χ3n) is 6.16. The van der Waals surface area contributed by atoms with Gasteiger partial charge in [0.25, 0.3) is 0 Å². The standard InChI is InChI=1S/C22H33N5O/c1-28-22-9-3-2-8-21(22)26-17-15-25(16-18-26)20-7-4-11-24(19-20)12-6-14-27-13-5-10-23-27/h2-3,5,8-10,13,20H,4,6-7,11-12,14-19H2,1H3. The smallest absolute Gasteiger partial charge is 0.142 e. The number of hydrogen-bond acceptors (Lipinski definition) is 5. The molecule has 0 N–H and O–H groups in total. The van der Waals surface area contributed by atoms with Crippen LogP contribution in [0.2, 0.25) is 0 Å². The summed E-state index contributed by atoms with van der Waals surface area (Å²) in [5.41, 5.74) is 1.23. The highest BCUT2D eigenvalue weighted by Crippen LogP contribution is 2.29. The second-order valence-corrected chi connectivity index (χ2v) is 7.91. The van der Waals surface area contributed by atoms with E-state index in [4.69, 9.17) is 4.74 Å². The van der Waals surface area contributed by atoms with E-state index >= 15 is 0 Å². The van der Waals surface area contributed by atoms with Gasteiger partial charge in [-0.05, 0) is 50.6 Å². The zero-order valence-corrected chi connectivity index (χ0v) is 17.0. The Balaban J connectivity index is 1.25. The molecule has 0 bridgehead atoms. The molecule has 2 aromatic rings. The minimum atomic E-state index is 0.707. The third kappa shape index (κ3) is 4.67. The maximum atomic E-state index is 5.55. The predicted octanol–water partition coefficient (Wildman–Crippen LogP) is 2.57. The van der Waals surface area contributed by atoms with Crippen LogP contribution in [-0.4, -0.2) is 78.5 Å². The number of nitrogens with zero attached hydrogens (tertiary/aromatic N) is 5. The van der Waals surface area contributed by atoms with E-state index in [1.165, 1.54) is 44.6 Å². The second-order valence-electron chi connectivity index (χ2n) is 7.91. The van der Waals surface area contributed by atoms with Gasteiger partial charge in [0.05, 0.1) is 12.8 Å². The molecule has 28 heavy (non-hydrogen) atoms. The highest BCUT2D eigenvalue weighted by atomic mass is 16.5. The highest BCUT2D eigenvalue weighted by molar-refractivity contribution is 5.58. The number of para-hydroxylation sites is 2. The topological polar surface area (TPSA) is 36.8 Å². The fraction of sp³-hybridized carbons (Fsp3) is 0.591. The summed E-state index contributed by atoms with van der Waals surface area (Å²) in [7, 11) is 1.76. The van der Waals surface area contributed by atoms with Gasteiger partial charge in [-0.2, -0.15) is 5.10 Å². The van der Waals surface area contributed by atoms with Gasteiger partial charge in [0.2, 0.25) is 0 Å². The zero-order valence-electron chi connectivity index (χ0n) is 17.0. The minimum Gasteiger partial charge on any atom is -0.495 e. The first-order chi connectivity index (χ1) is 13.8. The lowest BCUT2D eigenvalue weighted by molar-refractivity contribution is 0.0911. The Bertz CT molecular complexity index is 711. The van der Waals surface area contributed by atoms with Gasteiger partial charge in [0.15, 0.2) is 0 Å². The summed E-state index contributed by atoms with van der Waals surface area (Å²) < 4.78 is 7.59. The Morgan fingerprint density at radius 2 is 1.89 bits per heavy atom. The molecule has 2 aliphatic heterocycles. The number of piperidine rings is 1. The van der Waals surface area contributed by atoms with Crippen LogP contribution in [0.5, 0.6) is 5.75 Å². The zero-order chi connectivity index (χ0) is 19.2. The normalized spacial score (nSPS) is 21.8. The number of aryl methyl sites for hydroxylation is 1. The van der Waals surface area contributed by atoms with Gasteiger partial charge in [0.1, 0.15) is 5.75 Å². The number of likely N-dealkylation sites (tertiary alicyclic amines) is 1. The van der Waals surface area contributed by atoms with E-state index in [0.717, 1.165) is 38.5 Å². The van der Waals surface area contributed by atoms with Crippen molar-refractivity contribution in [2.75, 3.05) is 57.8 Å². The third-order valence-corrected chi connectivity index (χ3v) is 6.16. The average molecular weight is 384 g/mol. The molecule has 6 nitrogen and oxygen atoms in total. The molecule has 1 aromatic heterocycles. The van der Waals surface area contributed by atoms with Crippen molar-refractivity contribution in [1.29, 1.82) is 0 Å². The molecule has 0 amide bonds. The van der Waals surface area contributed by atoms with Crippen molar-refractivity contribution < 1.29 is 4.74 Å². The number of piperazine rings is 1. The first-order valence-corrected chi connectivity index (χ1v) is 10.7. The van der Waals surface area contributed by atoms with E-state index in [1.54, 1.807) is 7.11 Å².